The Hall–Kier alpha value is -2.32. The summed E-state index contributed by atoms with van der Waals surface area (Å²) in [4.78, 5) is 0. The number of alkyl halides is 2. The number of anilines is 1. The molecule has 2 heterocycles. The lowest BCUT2D eigenvalue weighted by atomic mass is 9.79. The van der Waals surface area contributed by atoms with Gasteiger partial charge in [-0.2, -0.15) is 0 Å². The van der Waals surface area contributed by atoms with Crippen molar-refractivity contribution in [3.05, 3.63) is 53.6 Å². The molecule has 4 atom stereocenters. The lowest BCUT2D eigenvalue weighted by Gasteiger charge is -2.33. The number of benzene rings is 1. The molecule has 0 spiro atoms. The van der Waals surface area contributed by atoms with Crippen LogP contribution in [-0.4, -0.2) is 19.6 Å². The number of hydrogen-bond acceptors (Lipinski definition) is 3. The molecule has 0 bridgehead atoms. The second-order valence-electron chi connectivity index (χ2n) is 11.8. The molecule has 2 N–H and O–H groups in total. The normalized spacial score (nSPS) is 19.0. The fourth-order valence-electron chi connectivity index (χ4n) is 4.23. The zero-order valence-corrected chi connectivity index (χ0v) is 28.3. The van der Waals surface area contributed by atoms with Crippen molar-refractivity contribution in [2.75, 3.05) is 25.0 Å². The number of unbranched alkanes of at least 4 members (excludes halogenated alkanes) is 2. The lowest BCUT2D eigenvalue weighted by Crippen LogP contribution is -2.28. The van der Waals surface area contributed by atoms with Gasteiger partial charge in [0.1, 0.15) is 0 Å². The highest BCUT2D eigenvalue weighted by atomic mass is 19.3. The van der Waals surface area contributed by atoms with E-state index in [9.17, 15) is 8.78 Å². The van der Waals surface area contributed by atoms with E-state index in [0.29, 0.717) is 17.8 Å². The van der Waals surface area contributed by atoms with E-state index in [-0.39, 0.29) is 13.0 Å². The molecule has 43 heavy (non-hydrogen) atoms. The van der Waals surface area contributed by atoms with Crippen LogP contribution >= 0.6 is 0 Å². The summed E-state index contributed by atoms with van der Waals surface area (Å²) in [6.45, 7) is 21.6. The quantitative estimate of drug-likeness (QED) is 0.206. The van der Waals surface area contributed by atoms with Crippen LogP contribution in [0.4, 0.5) is 14.5 Å². The van der Waals surface area contributed by atoms with Crippen molar-refractivity contribution in [3.63, 3.8) is 0 Å². The second kappa shape index (κ2) is 26.1. The van der Waals surface area contributed by atoms with Gasteiger partial charge in [-0.25, -0.2) is 8.78 Å². The lowest BCUT2D eigenvalue weighted by molar-refractivity contribution is 0.0173. The Morgan fingerprint density at radius 3 is 2.02 bits per heavy atom. The molecule has 0 radical (unpaired) electrons. The Morgan fingerprint density at radius 2 is 1.60 bits per heavy atom. The van der Waals surface area contributed by atoms with Gasteiger partial charge < -0.3 is 15.4 Å². The van der Waals surface area contributed by atoms with Gasteiger partial charge in [0, 0.05) is 24.7 Å². The largest absolute Gasteiger partial charge is 0.385 e. The summed E-state index contributed by atoms with van der Waals surface area (Å²) >= 11 is 0. The molecule has 0 fully saturated rings. The van der Waals surface area contributed by atoms with Crippen LogP contribution in [0.3, 0.4) is 0 Å². The van der Waals surface area contributed by atoms with E-state index in [4.69, 9.17) is 0 Å². The van der Waals surface area contributed by atoms with E-state index in [1.54, 1.807) is 12.1 Å². The van der Waals surface area contributed by atoms with Crippen LogP contribution in [0.1, 0.15) is 138 Å². The molecule has 0 amide bonds. The van der Waals surface area contributed by atoms with E-state index < -0.39 is 5.92 Å². The summed E-state index contributed by atoms with van der Waals surface area (Å²) in [5.74, 6) is -0.533. The van der Waals surface area contributed by atoms with Crippen LogP contribution in [0.25, 0.3) is 0 Å². The predicted octanol–water partition coefficient (Wildman–Crippen LogP) is 11.7. The number of ether oxygens (including phenoxy) is 1. The number of nitrogens with one attached hydrogen (secondary N) is 2. The SMILES string of the molecule is C.C1#CO1.CC1C=CC=CC1.CCCC.CCCC.CCCNCC(C)CCC1CNc2ccc(C(C)(F)F)cc2C1C. The number of fused-ring (bicyclic) bond motifs is 1. The first-order valence-corrected chi connectivity index (χ1v) is 16.5. The minimum atomic E-state index is -2.78. The number of rotatable bonds is 10. The summed E-state index contributed by atoms with van der Waals surface area (Å²) in [5.41, 5.74) is 2.18. The van der Waals surface area contributed by atoms with E-state index >= 15 is 0 Å². The van der Waals surface area contributed by atoms with Crippen LogP contribution < -0.4 is 10.6 Å². The van der Waals surface area contributed by atoms with Crippen LogP contribution in [0.5, 0.6) is 0 Å². The molecule has 1 aromatic carbocycles. The maximum Gasteiger partial charge on any atom is 0.270 e. The summed E-state index contributed by atoms with van der Waals surface area (Å²) in [7, 11) is 0. The molecule has 4 unspecified atom stereocenters. The van der Waals surface area contributed by atoms with Gasteiger partial charge in [0.15, 0.2) is 12.2 Å². The van der Waals surface area contributed by atoms with Crippen molar-refractivity contribution >= 4 is 5.69 Å². The fourth-order valence-corrected chi connectivity index (χ4v) is 4.23. The standard InChI is InChI=1S/C20H32F2N2.C7H10.2C4H10.C2O.CH4/c1-5-10-23-12-14(2)6-7-16-13-24-19-9-8-17(20(4,21)22)11-18(19)15(16)3;1-7-5-3-2-4-6-7;2*1-3-4-2;1-2-3-1;/h8-9,11,14-16,23-24H,5-7,10,12-13H2,1-4H3;2-5,7H,6H2,1H3;2*3-4H2,1-2H3;;1H4. The maximum atomic E-state index is 13.6. The summed E-state index contributed by atoms with van der Waals surface area (Å²) in [6.07, 6.45) is 23.1. The van der Waals surface area contributed by atoms with E-state index in [2.05, 4.69) is 107 Å². The Balaban J connectivity index is 0. The molecular weight excluding hydrogens is 538 g/mol. The van der Waals surface area contributed by atoms with Gasteiger partial charge in [-0.3, -0.25) is 0 Å². The Kier molecular flexibility index (Phi) is 26.0. The van der Waals surface area contributed by atoms with E-state index in [1.165, 1.54) is 38.5 Å². The maximum absolute atomic E-state index is 13.6. The average molecular weight is 605 g/mol. The van der Waals surface area contributed by atoms with Crippen molar-refractivity contribution in [2.45, 2.75) is 133 Å². The molecule has 3 aliphatic rings. The van der Waals surface area contributed by atoms with Crippen LogP contribution in [-0.2, 0) is 10.7 Å². The van der Waals surface area contributed by atoms with Crippen LogP contribution in [0.15, 0.2) is 42.5 Å². The third kappa shape index (κ3) is 21.9. The Labute approximate surface area is 265 Å². The van der Waals surface area contributed by atoms with Crippen molar-refractivity contribution < 1.29 is 13.5 Å². The predicted molar refractivity (Wildman–Crippen MR) is 187 cm³/mol. The molecule has 5 heteroatoms. The van der Waals surface area contributed by atoms with E-state index in [0.717, 1.165) is 56.6 Å². The highest BCUT2D eigenvalue weighted by Gasteiger charge is 2.30. The van der Waals surface area contributed by atoms with Crippen molar-refractivity contribution in [1.82, 2.24) is 5.32 Å². The summed E-state index contributed by atoms with van der Waals surface area (Å²) < 4.78 is 31.2. The highest BCUT2D eigenvalue weighted by molar-refractivity contribution is 5.57. The molecule has 1 aliphatic carbocycles. The first-order chi connectivity index (χ1) is 20.0. The Morgan fingerprint density at radius 1 is 1.00 bits per heavy atom. The average Bonchev–Trinajstić information content (AvgIpc) is 3.87. The molecule has 4 rings (SSSR count). The monoisotopic (exact) mass is 605 g/mol. The number of halogens is 2. The fraction of sp³-hybridized carbons (Fsp3) is 0.684. The molecule has 0 saturated heterocycles. The van der Waals surface area contributed by atoms with Crippen LogP contribution in [0.2, 0.25) is 0 Å². The molecule has 248 valence electrons. The van der Waals surface area contributed by atoms with Gasteiger partial charge in [-0.1, -0.05) is 119 Å². The van der Waals surface area contributed by atoms with Gasteiger partial charge in [0.05, 0.1) is 0 Å². The first kappa shape index (κ1) is 42.8. The van der Waals surface area contributed by atoms with Gasteiger partial charge >= 0.3 is 0 Å². The van der Waals surface area contributed by atoms with Gasteiger partial charge in [0.25, 0.3) is 5.92 Å². The van der Waals surface area contributed by atoms with Gasteiger partial charge in [0.2, 0.25) is 0 Å². The molecule has 2 aliphatic heterocycles. The van der Waals surface area contributed by atoms with Crippen molar-refractivity contribution in [1.29, 1.82) is 0 Å². The summed E-state index contributed by atoms with van der Waals surface area (Å²) in [6, 6.07) is 5.05. The smallest absolute Gasteiger partial charge is 0.270 e. The minimum absolute atomic E-state index is 0. The minimum Gasteiger partial charge on any atom is -0.385 e. The van der Waals surface area contributed by atoms with Gasteiger partial charge in [-0.15, -0.1) is 0 Å². The third-order valence-corrected chi connectivity index (χ3v) is 7.56. The molecule has 1 aromatic rings. The molecule has 3 nitrogen and oxygen atoms in total. The second-order valence-corrected chi connectivity index (χ2v) is 11.8. The van der Waals surface area contributed by atoms with Gasteiger partial charge in [-0.05, 0) is 80.1 Å². The zero-order chi connectivity index (χ0) is 31.8. The summed E-state index contributed by atoms with van der Waals surface area (Å²) in [5, 5.41) is 6.91. The third-order valence-electron chi connectivity index (χ3n) is 7.56. The van der Waals surface area contributed by atoms with Crippen LogP contribution in [0, 0.1) is 30.0 Å². The van der Waals surface area contributed by atoms with Crippen molar-refractivity contribution in [2.24, 2.45) is 17.8 Å². The van der Waals surface area contributed by atoms with E-state index in [1.807, 2.05) is 6.07 Å². The molecule has 0 saturated carbocycles. The first-order valence-electron chi connectivity index (χ1n) is 16.5. The Bertz CT molecular complexity index is 912. The molecular formula is C38H66F2N2O. The molecule has 0 aromatic heterocycles. The number of allylic oxidation sites excluding steroid dienone is 4. The zero-order valence-electron chi connectivity index (χ0n) is 28.3. The number of hydrogen-bond donors (Lipinski definition) is 2. The topological polar surface area (TPSA) is 36.6 Å². The highest BCUT2D eigenvalue weighted by Crippen LogP contribution is 2.40. The van der Waals surface area contributed by atoms with Crippen molar-refractivity contribution in [3.8, 4) is 12.2 Å².